The van der Waals surface area contributed by atoms with E-state index in [9.17, 15) is 9.59 Å². The van der Waals surface area contributed by atoms with Gasteiger partial charge in [-0.25, -0.2) is 4.79 Å². The van der Waals surface area contributed by atoms with Crippen LogP contribution in [-0.2, 0) is 11.2 Å². The number of carbonyl (C=O) groups excluding carboxylic acids is 1. The van der Waals surface area contributed by atoms with Gasteiger partial charge in [-0.15, -0.1) is 0 Å². The minimum atomic E-state index is -0.759. The third-order valence-electron chi connectivity index (χ3n) is 3.07. The zero-order chi connectivity index (χ0) is 13.0. The lowest BCUT2D eigenvalue weighted by atomic mass is 9.91. The van der Waals surface area contributed by atoms with Crippen LogP contribution in [0.25, 0.3) is 0 Å². The number of nitrogens with two attached hydrogens (primary N) is 1. The fraction of sp³-hybridized carbons (Fsp3) is 0.500. The second-order valence-electron chi connectivity index (χ2n) is 4.32. The van der Waals surface area contributed by atoms with E-state index in [1.54, 1.807) is 6.07 Å². The largest absolute Gasteiger partial charge is 0.448 e. The summed E-state index contributed by atoms with van der Waals surface area (Å²) in [5.74, 6) is 0. The zero-order valence-electron chi connectivity index (χ0n) is 10.1. The molecule has 1 amide bonds. The highest BCUT2D eigenvalue weighted by Crippen LogP contribution is 2.27. The Hall–Kier alpha value is -1.82. The third-order valence-corrected chi connectivity index (χ3v) is 3.07. The summed E-state index contributed by atoms with van der Waals surface area (Å²) in [6.45, 7) is 0.802. The molecule has 0 radical (unpaired) electrons. The second kappa shape index (κ2) is 5.68. The van der Waals surface area contributed by atoms with Crippen LogP contribution in [0.5, 0.6) is 0 Å². The van der Waals surface area contributed by atoms with Crippen molar-refractivity contribution in [3.8, 4) is 0 Å². The first-order valence-electron chi connectivity index (χ1n) is 6.04. The number of nitrogens with one attached hydrogen (secondary N) is 2. The first kappa shape index (κ1) is 12.6. The lowest BCUT2D eigenvalue weighted by Gasteiger charge is -2.25. The quantitative estimate of drug-likeness (QED) is 0.676. The normalized spacial score (nSPS) is 18.1. The molecule has 6 nitrogen and oxygen atoms in total. The summed E-state index contributed by atoms with van der Waals surface area (Å²) in [5, 5.41) is 3.30. The molecule has 0 saturated carbocycles. The van der Waals surface area contributed by atoms with E-state index in [2.05, 4.69) is 15.0 Å². The molecule has 1 aromatic heterocycles. The van der Waals surface area contributed by atoms with Crippen LogP contribution < -0.4 is 16.6 Å². The molecule has 0 spiro atoms. The van der Waals surface area contributed by atoms with Gasteiger partial charge in [0.1, 0.15) is 6.61 Å². The van der Waals surface area contributed by atoms with Gasteiger partial charge in [0.2, 0.25) is 5.56 Å². The highest BCUT2D eigenvalue weighted by atomic mass is 16.5. The van der Waals surface area contributed by atoms with Crippen LogP contribution in [0.1, 0.15) is 30.1 Å². The van der Waals surface area contributed by atoms with E-state index in [1.165, 1.54) is 0 Å². The van der Waals surface area contributed by atoms with Gasteiger partial charge in [0.05, 0.1) is 0 Å². The lowest BCUT2D eigenvalue weighted by Crippen LogP contribution is -2.30. The van der Waals surface area contributed by atoms with Gasteiger partial charge in [-0.2, -0.15) is 0 Å². The standard InChI is InChI=1S/C12H17N3O3/c13-12(17)18-7-6-14-9-2-1-3-10-8(9)4-5-11(16)15-10/h4-5,9,14H,1-3,6-7H2,(H2,13,17)(H,15,16). The van der Waals surface area contributed by atoms with Crippen LogP contribution in [0.4, 0.5) is 4.79 Å². The van der Waals surface area contributed by atoms with Crippen molar-refractivity contribution in [1.82, 2.24) is 10.3 Å². The number of aromatic nitrogens is 1. The van der Waals surface area contributed by atoms with E-state index in [0.29, 0.717) is 6.54 Å². The number of amides is 1. The maximum absolute atomic E-state index is 11.2. The SMILES string of the molecule is NC(=O)OCCNC1CCCc2[nH]c(=O)ccc21. The molecule has 1 atom stereocenters. The van der Waals surface area contributed by atoms with Crippen molar-refractivity contribution in [1.29, 1.82) is 0 Å². The summed E-state index contributed by atoms with van der Waals surface area (Å²) in [6, 6.07) is 3.60. The van der Waals surface area contributed by atoms with Crippen LogP contribution in [0, 0.1) is 0 Å². The predicted octanol–water partition coefficient (Wildman–Crippen LogP) is 0.437. The summed E-state index contributed by atoms with van der Waals surface area (Å²) in [4.78, 5) is 24.5. The summed E-state index contributed by atoms with van der Waals surface area (Å²) in [6.07, 6.45) is 2.18. The van der Waals surface area contributed by atoms with Crippen molar-refractivity contribution in [2.75, 3.05) is 13.2 Å². The predicted molar refractivity (Wildman–Crippen MR) is 66.3 cm³/mol. The van der Waals surface area contributed by atoms with Crippen LogP contribution in [0.3, 0.4) is 0 Å². The minimum Gasteiger partial charge on any atom is -0.448 e. The van der Waals surface area contributed by atoms with Gasteiger partial charge in [-0.1, -0.05) is 6.07 Å². The lowest BCUT2D eigenvalue weighted by molar-refractivity contribution is 0.155. The molecule has 0 fully saturated rings. The first-order chi connectivity index (χ1) is 8.66. The average molecular weight is 251 g/mol. The number of aromatic amines is 1. The van der Waals surface area contributed by atoms with Gasteiger partial charge in [-0.3, -0.25) is 4.79 Å². The van der Waals surface area contributed by atoms with Gasteiger partial charge in [0.15, 0.2) is 0 Å². The smallest absolute Gasteiger partial charge is 0.404 e. The Morgan fingerprint density at radius 2 is 2.39 bits per heavy atom. The van der Waals surface area contributed by atoms with Crippen molar-refractivity contribution < 1.29 is 9.53 Å². The molecule has 0 aliphatic heterocycles. The van der Waals surface area contributed by atoms with E-state index in [0.717, 1.165) is 30.5 Å². The average Bonchev–Trinajstić information content (AvgIpc) is 2.34. The van der Waals surface area contributed by atoms with E-state index in [-0.39, 0.29) is 18.2 Å². The summed E-state index contributed by atoms with van der Waals surface area (Å²) in [7, 11) is 0. The summed E-state index contributed by atoms with van der Waals surface area (Å²) < 4.78 is 4.66. The Morgan fingerprint density at radius 3 is 3.17 bits per heavy atom. The van der Waals surface area contributed by atoms with Crippen molar-refractivity contribution in [2.24, 2.45) is 5.73 Å². The molecule has 0 aromatic carbocycles. The number of pyridine rings is 1. The summed E-state index contributed by atoms with van der Waals surface area (Å²) in [5.41, 5.74) is 6.94. The van der Waals surface area contributed by atoms with Crippen molar-refractivity contribution in [2.45, 2.75) is 25.3 Å². The number of primary amides is 1. The molecular formula is C12H17N3O3. The topological polar surface area (TPSA) is 97.2 Å². The second-order valence-corrected chi connectivity index (χ2v) is 4.32. The van der Waals surface area contributed by atoms with Crippen LogP contribution >= 0.6 is 0 Å². The molecule has 1 aliphatic rings. The molecule has 2 rings (SSSR count). The molecule has 1 aromatic rings. The third kappa shape index (κ3) is 3.10. The molecule has 1 aliphatic carbocycles. The van der Waals surface area contributed by atoms with Crippen molar-refractivity contribution >= 4 is 6.09 Å². The fourth-order valence-electron chi connectivity index (χ4n) is 2.30. The molecule has 18 heavy (non-hydrogen) atoms. The Kier molecular flexibility index (Phi) is 3.99. The molecule has 0 saturated heterocycles. The van der Waals surface area contributed by atoms with E-state index >= 15 is 0 Å². The summed E-state index contributed by atoms with van der Waals surface area (Å²) >= 11 is 0. The highest BCUT2D eigenvalue weighted by molar-refractivity contribution is 5.64. The molecule has 6 heteroatoms. The Balaban J connectivity index is 1.95. The Bertz CT molecular complexity index is 484. The molecule has 4 N–H and O–H groups in total. The Morgan fingerprint density at radius 1 is 1.56 bits per heavy atom. The number of hydrogen-bond acceptors (Lipinski definition) is 4. The van der Waals surface area contributed by atoms with Gasteiger partial charge in [0, 0.05) is 24.3 Å². The number of aryl methyl sites for hydroxylation is 1. The van der Waals surface area contributed by atoms with Gasteiger partial charge >= 0.3 is 6.09 Å². The van der Waals surface area contributed by atoms with Gasteiger partial charge in [0.25, 0.3) is 0 Å². The van der Waals surface area contributed by atoms with Crippen molar-refractivity contribution in [3.05, 3.63) is 33.7 Å². The number of hydrogen-bond donors (Lipinski definition) is 3. The van der Waals surface area contributed by atoms with Gasteiger partial charge in [-0.05, 0) is 24.8 Å². The molecule has 1 unspecified atom stereocenters. The number of fused-ring (bicyclic) bond motifs is 1. The van der Waals surface area contributed by atoms with Gasteiger partial charge < -0.3 is 20.8 Å². The maximum atomic E-state index is 11.2. The fourth-order valence-corrected chi connectivity index (χ4v) is 2.30. The van der Waals surface area contributed by atoms with Crippen molar-refractivity contribution in [3.63, 3.8) is 0 Å². The van der Waals surface area contributed by atoms with E-state index in [4.69, 9.17) is 5.73 Å². The van der Waals surface area contributed by atoms with Crippen LogP contribution in [-0.4, -0.2) is 24.2 Å². The first-order valence-corrected chi connectivity index (χ1v) is 6.04. The number of ether oxygens (including phenoxy) is 1. The molecule has 98 valence electrons. The highest BCUT2D eigenvalue weighted by Gasteiger charge is 2.19. The van der Waals surface area contributed by atoms with E-state index in [1.807, 2.05) is 6.07 Å². The maximum Gasteiger partial charge on any atom is 0.404 e. The molecular weight excluding hydrogens is 234 g/mol. The number of H-pyrrole nitrogens is 1. The van der Waals surface area contributed by atoms with Crippen LogP contribution in [0.15, 0.2) is 16.9 Å². The number of rotatable bonds is 4. The van der Waals surface area contributed by atoms with Crippen LogP contribution in [0.2, 0.25) is 0 Å². The Labute approximate surface area is 105 Å². The minimum absolute atomic E-state index is 0.0635. The zero-order valence-corrected chi connectivity index (χ0v) is 10.1. The monoisotopic (exact) mass is 251 g/mol. The molecule has 1 heterocycles. The van der Waals surface area contributed by atoms with E-state index < -0.39 is 6.09 Å². The number of carbonyl (C=O) groups is 1. The molecule has 0 bridgehead atoms.